The van der Waals surface area contributed by atoms with Crippen molar-refractivity contribution in [2.45, 2.75) is 110 Å². The fourth-order valence-electron chi connectivity index (χ4n) is 6.57. The fourth-order valence-corrected chi connectivity index (χ4v) is 6.57. The minimum Gasteiger partial charge on any atom is -0.459 e. The quantitative estimate of drug-likeness (QED) is 0.620. The van der Waals surface area contributed by atoms with Crippen molar-refractivity contribution in [2.75, 3.05) is 0 Å². The van der Waals surface area contributed by atoms with Crippen molar-refractivity contribution in [3.63, 3.8) is 0 Å². The summed E-state index contributed by atoms with van der Waals surface area (Å²) in [5, 5.41) is 0. The summed E-state index contributed by atoms with van der Waals surface area (Å²) < 4.78 is 12.4. The summed E-state index contributed by atoms with van der Waals surface area (Å²) in [4.78, 5) is 26.2. The monoisotopic (exact) mass is 376 g/mol. The minimum atomic E-state index is -0.464. The lowest BCUT2D eigenvalue weighted by Crippen LogP contribution is -2.61. The van der Waals surface area contributed by atoms with E-state index in [1.165, 1.54) is 6.42 Å². The molecule has 0 aromatic heterocycles. The molecule has 2 unspecified atom stereocenters. The number of hydrogen-bond donors (Lipinski definition) is 0. The van der Waals surface area contributed by atoms with E-state index in [1.807, 2.05) is 20.8 Å². The smallest absolute Gasteiger partial charge is 0.312 e. The number of esters is 2. The summed E-state index contributed by atoms with van der Waals surface area (Å²) in [6.07, 6.45) is 10.6. The molecule has 0 heterocycles. The number of carbonyl (C=O) groups is 2. The van der Waals surface area contributed by atoms with Crippen LogP contribution in [0.15, 0.2) is 0 Å². The van der Waals surface area contributed by atoms with Crippen molar-refractivity contribution in [3.8, 4) is 0 Å². The number of carbonyl (C=O) groups excluding carboxylic acids is 2. The van der Waals surface area contributed by atoms with Crippen molar-refractivity contribution in [1.29, 1.82) is 0 Å². The largest absolute Gasteiger partial charge is 0.459 e. The van der Waals surface area contributed by atoms with Crippen molar-refractivity contribution in [2.24, 2.45) is 22.7 Å². The molecule has 0 aliphatic heterocycles. The van der Waals surface area contributed by atoms with Crippen LogP contribution in [-0.2, 0) is 19.1 Å². The lowest BCUT2D eigenvalue weighted by atomic mass is 9.48. The van der Waals surface area contributed by atoms with E-state index >= 15 is 0 Å². The van der Waals surface area contributed by atoms with E-state index in [4.69, 9.17) is 9.47 Å². The SMILES string of the molecule is CCC(C)(C)C(=O)OC12CC3CC(C1)CC(C(=O)OC1(C)CCCC1)(C3)C2. The Balaban J connectivity index is 1.55. The maximum absolute atomic E-state index is 13.4. The standard InChI is InChI=1S/C23H36O4/c1-5-20(2,3)18(24)27-23-13-16-10-17(14-23)12-22(11-16,15-23)19(25)26-21(4)8-6-7-9-21/h16-17H,5-15H2,1-4H3. The van der Waals surface area contributed by atoms with Gasteiger partial charge in [0.1, 0.15) is 11.2 Å². The number of rotatable bonds is 5. The van der Waals surface area contributed by atoms with Crippen LogP contribution in [0.4, 0.5) is 0 Å². The van der Waals surface area contributed by atoms with E-state index in [0.717, 1.165) is 57.8 Å². The van der Waals surface area contributed by atoms with E-state index < -0.39 is 16.4 Å². The molecule has 5 saturated carbocycles. The van der Waals surface area contributed by atoms with Crippen LogP contribution in [0.3, 0.4) is 0 Å². The molecule has 27 heavy (non-hydrogen) atoms. The van der Waals surface area contributed by atoms with Gasteiger partial charge in [-0.15, -0.1) is 0 Å². The Morgan fingerprint density at radius 2 is 1.59 bits per heavy atom. The van der Waals surface area contributed by atoms with Gasteiger partial charge >= 0.3 is 11.9 Å². The van der Waals surface area contributed by atoms with Crippen LogP contribution in [0, 0.1) is 22.7 Å². The molecule has 152 valence electrons. The second-order valence-corrected chi connectivity index (χ2v) is 11.1. The maximum Gasteiger partial charge on any atom is 0.312 e. The molecule has 5 rings (SSSR count). The van der Waals surface area contributed by atoms with Gasteiger partial charge in [-0.3, -0.25) is 9.59 Å². The van der Waals surface area contributed by atoms with Crippen LogP contribution in [0.1, 0.15) is 98.3 Å². The van der Waals surface area contributed by atoms with Crippen molar-refractivity contribution >= 4 is 11.9 Å². The highest BCUT2D eigenvalue weighted by molar-refractivity contribution is 5.79. The van der Waals surface area contributed by atoms with E-state index in [2.05, 4.69) is 6.92 Å². The van der Waals surface area contributed by atoms with Crippen LogP contribution in [-0.4, -0.2) is 23.1 Å². The summed E-state index contributed by atoms with van der Waals surface area (Å²) in [6, 6.07) is 0. The second kappa shape index (κ2) is 6.22. The molecule has 0 aromatic rings. The zero-order valence-electron chi connectivity index (χ0n) is 17.6. The first-order chi connectivity index (χ1) is 12.6. The van der Waals surface area contributed by atoms with Crippen LogP contribution in [0.25, 0.3) is 0 Å². The van der Waals surface area contributed by atoms with Gasteiger partial charge in [-0.2, -0.15) is 0 Å². The average Bonchev–Trinajstić information content (AvgIpc) is 2.99. The van der Waals surface area contributed by atoms with E-state index in [0.29, 0.717) is 18.3 Å². The number of ether oxygens (including phenoxy) is 2. The molecule has 0 radical (unpaired) electrons. The van der Waals surface area contributed by atoms with Gasteiger partial charge in [-0.05, 0) is 96.8 Å². The Labute approximate surface area is 163 Å². The molecule has 5 fully saturated rings. The van der Waals surface area contributed by atoms with Gasteiger partial charge in [0.2, 0.25) is 0 Å². The Morgan fingerprint density at radius 3 is 2.15 bits per heavy atom. The highest BCUT2D eigenvalue weighted by Crippen LogP contribution is 2.63. The lowest BCUT2D eigenvalue weighted by molar-refractivity contribution is -0.222. The zero-order valence-corrected chi connectivity index (χ0v) is 17.6. The Morgan fingerprint density at radius 1 is 1.00 bits per heavy atom. The molecule has 0 aromatic carbocycles. The average molecular weight is 377 g/mol. The minimum absolute atomic E-state index is 0.00354. The first-order valence-electron chi connectivity index (χ1n) is 11.1. The van der Waals surface area contributed by atoms with E-state index in [-0.39, 0.29) is 17.5 Å². The van der Waals surface area contributed by atoms with Crippen LogP contribution < -0.4 is 0 Å². The second-order valence-electron chi connectivity index (χ2n) is 11.1. The summed E-state index contributed by atoms with van der Waals surface area (Å²) in [5.41, 5.74) is -1.61. The maximum atomic E-state index is 13.4. The van der Waals surface area contributed by atoms with Gasteiger partial charge in [0.15, 0.2) is 0 Å². The highest BCUT2D eigenvalue weighted by Gasteiger charge is 2.63. The molecule has 0 saturated heterocycles. The summed E-state index contributed by atoms with van der Waals surface area (Å²) in [5.74, 6) is 0.884. The van der Waals surface area contributed by atoms with Gasteiger partial charge in [0, 0.05) is 6.42 Å². The molecular weight excluding hydrogens is 340 g/mol. The first kappa shape index (κ1) is 19.3. The molecule has 4 heteroatoms. The van der Waals surface area contributed by atoms with Crippen molar-refractivity contribution < 1.29 is 19.1 Å². The molecule has 5 aliphatic carbocycles. The van der Waals surface area contributed by atoms with Crippen LogP contribution >= 0.6 is 0 Å². The third kappa shape index (κ3) is 3.31. The molecule has 2 atom stereocenters. The van der Waals surface area contributed by atoms with Gasteiger partial charge in [-0.1, -0.05) is 6.92 Å². The Kier molecular flexibility index (Phi) is 4.44. The number of hydrogen-bond acceptors (Lipinski definition) is 4. The molecular formula is C23H36O4. The summed E-state index contributed by atoms with van der Waals surface area (Å²) in [7, 11) is 0. The summed E-state index contributed by atoms with van der Waals surface area (Å²) in [6.45, 7) is 8.04. The lowest BCUT2D eigenvalue weighted by Gasteiger charge is -2.60. The van der Waals surface area contributed by atoms with E-state index in [9.17, 15) is 9.59 Å². The van der Waals surface area contributed by atoms with Gasteiger partial charge in [-0.25, -0.2) is 0 Å². The topological polar surface area (TPSA) is 52.6 Å². The molecule has 5 aliphatic rings. The highest BCUT2D eigenvalue weighted by atomic mass is 16.6. The normalized spacial score (nSPS) is 39.4. The predicted molar refractivity (Wildman–Crippen MR) is 103 cm³/mol. The predicted octanol–water partition coefficient (Wildman–Crippen LogP) is 5.18. The zero-order chi connectivity index (χ0) is 19.5. The van der Waals surface area contributed by atoms with Gasteiger partial charge in [0.05, 0.1) is 10.8 Å². The molecule has 4 nitrogen and oxygen atoms in total. The Hall–Kier alpha value is -1.06. The van der Waals surface area contributed by atoms with Crippen molar-refractivity contribution in [3.05, 3.63) is 0 Å². The van der Waals surface area contributed by atoms with Gasteiger partial charge in [0.25, 0.3) is 0 Å². The van der Waals surface area contributed by atoms with E-state index in [1.54, 1.807) is 0 Å². The molecule has 0 amide bonds. The van der Waals surface area contributed by atoms with Gasteiger partial charge < -0.3 is 9.47 Å². The fraction of sp³-hybridized carbons (Fsp3) is 0.913. The van der Waals surface area contributed by atoms with Crippen LogP contribution in [0.5, 0.6) is 0 Å². The molecule has 0 N–H and O–H groups in total. The molecule has 0 spiro atoms. The Bertz CT molecular complexity index is 614. The first-order valence-corrected chi connectivity index (χ1v) is 11.1. The molecule has 4 bridgehead atoms. The summed E-state index contributed by atoms with van der Waals surface area (Å²) >= 11 is 0. The third-order valence-electron chi connectivity index (χ3n) is 8.19. The third-order valence-corrected chi connectivity index (χ3v) is 8.19. The van der Waals surface area contributed by atoms with Crippen molar-refractivity contribution in [1.82, 2.24) is 0 Å². The van der Waals surface area contributed by atoms with Crippen LogP contribution in [0.2, 0.25) is 0 Å².